The number of hydrogen-bond acceptors (Lipinski definition) is 0. The second kappa shape index (κ2) is 4.37. The van der Waals surface area contributed by atoms with Crippen molar-refractivity contribution in [3.63, 3.8) is 0 Å². The minimum absolute atomic E-state index is 0.277. The fourth-order valence-electron chi connectivity index (χ4n) is 2.56. The van der Waals surface area contributed by atoms with Gasteiger partial charge in [0.05, 0.1) is 5.41 Å². The molecule has 0 unspecified atom stereocenters. The molecule has 0 spiro atoms. The lowest BCUT2D eigenvalue weighted by molar-refractivity contribution is -0.506. The van der Waals surface area contributed by atoms with Crippen molar-refractivity contribution < 1.29 is 13.4 Å². The van der Waals surface area contributed by atoms with Gasteiger partial charge in [-0.05, 0) is 12.8 Å². The molecule has 0 saturated carbocycles. The average Bonchev–Trinajstić information content (AvgIpc) is 2.16. The molecule has 0 aromatic heterocycles. The first-order valence-corrected chi connectivity index (χ1v) is 5.40. The molecule has 0 bridgehead atoms. The first kappa shape index (κ1) is 11.6. The lowest BCUT2D eigenvalue weighted by atomic mass is 9.69. The van der Waals surface area contributed by atoms with Crippen LogP contribution in [0.25, 0.3) is 0 Å². The Morgan fingerprint density at radius 2 is 2.00 bits per heavy atom. The van der Waals surface area contributed by atoms with E-state index in [-0.39, 0.29) is 5.41 Å². The van der Waals surface area contributed by atoms with Crippen molar-refractivity contribution in [3.05, 3.63) is 0 Å². The van der Waals surface area contributed by atoms with Crippen LogP contribution in [0.4, 0.5) is 8.78 Å². The Balaban J connectivity index is 2.97. The molecule has 0 amide bonds. The molecule has 82 valence electrons. The van der Waals surface area contributed by atoms with E-state index in [4.69, 9.17) is 0 Å². The van der Waals surface area contributed by atoms with Crippen LogP contribution in [0.5, 0.6) is 0 Å². The average molecular weight is 204 g/mol. The highest BCUT2D eigenvalue weighted by Gasteiger charge is 2.45. The van der Waals surface area contributed by atoms with Crippen molar-refractivity contribution in [3.8, 4) is 0 Å². The number of rotatable bonds is 3. The van der Waals surface area contributed by atoms with Crippen LogP contribution in [0.15, 0.2) is 0 Å². The third-order valence-corrected chi connectivity index (χ3v) is 3.63. The number of halogens is 2. The molecule has 0 aromatic rings. The van der Waals surface area contributed by atoms with Crippen LogP contribution in [0, 0.1) is 11.3 Å². The summed E-state index contributed by atoms with van der Waals surface area (Å²) in [7, 11) is 1.97. The first-order chi connectivity index (χ1) is 6.55. The summed E-state index contributed by atoms with van der Waals surface area (Å²) in [5.74, 6) is -0.450. The second-order valence-corrected chi connectivity index (χ2v) is 4.28. The van der Waals surface area contributed by atoms with E-state index in [0.717, 1.165) is 19.4 Å². The Morgan fingerprint density at radius 3 is 2.43 bits per heavy atom. The van der Waals surface area contributed by atoms with Crippen molar-refractivity contribution in [2.24, 2.45) is 11.3 Å². The predicted octanol–water partition coefficient (Wildman–Crippen LogP) is 2.79. The van der Waals surface area contributed by atoms with Gasteiger partial charge in [-0.2, -0.15) is 0 Å². The summed E-state index contributed by atoms with van der Waals surface area (Å²) in [6.07, 6.45) is 2.07. The molecule has 3 heteroatoms. The number of nitrogens with zero attached hydrogens (tertiary/aromatic N) is 1. The van der Waals surface area contributed by atoms with E-state index in [2.05, 4.69) is 4.58 Å². The monoisotopic (exact) mass is 204 g/mol. The molecule has 14 heavy (non-hydrogen) atoms. The van der Waals surface area contributed by atoms with Crippen molar-refractivity contribution in [1.29, 1.82) is 0 Å². The fraction of sp³-hybridized carbons (Fsp3) is 0.909. The van der Waals surface area contributed by atoms with Gasteiger partial charge in [0.15, 0.2) is 0 Å². The van der Waals surface area contributed by atoms with E-state index in [0.29, 0.717) is 6.42 Å². The highest BCUT2D eigenvalue weighted by molar-refractivity contribution is 5.62. The normalized spacial score (nSPS) is 26.4. The molecule has 0 aromatic carbocycles. The standard InChI is InChI=1S/C11H20F2N/c1-4-11(5-2)8-14(3)7-6-9(11)10(12)13/h8-10H,4-7H2,1-3H3/q+1/t9-/m1/s1. The van der Waals surface area contributed by atoms with Gasteiger partial charge >= 0.3 is 0 Å². The van der Waals surface area contributed by atoms with E-state index in [1.807, 2.05) is 27.1 Å². The summed E-state index contributed by atoms with van der Waals surface area (Å²) in [6.45, 7) is 4.78. The summed E-state index contributed by atoms with van der Waals surface area (Å²) < 4.78 is 27.8. The second-order valence-electron chi connectivity index (χ2n) is 4.28. The van der Waals surface area contributed by atoms with E-state index in [9.17, 15) is 8.78 Å². The molecular weight excluding hydrogens is 184 g/mol. The smallest absolute Gasteiger partial charge is 0.242 e. The third kappa shape index (κ3) is 1.96. The zero-order valence-electron chi connectivity index (χ0n) is 9.26. The van der Waals surface area contributed by atoms with Crippen LogP contribution in [0.1, 0.15) is 33.1 Å². The molecule has 1 nitrogen and oxygen atoms in total. The Morgan fingerprint density at radius 1 is 1.43 bits per heavy atom. The molecule has 0 aliphatic carbocycles. The van der Waals surface area contributed by atoms with Gasteiger partial charge in [-0.15, -0.1) is 0 Å². The van der Waals surface area contributed by atoms with Gasteiger partial charge in [-0.1, -0.05) is 13.8 Å². The van der Waals surface area contributed by atoms with E-state index < -0.39 is 12.3 Å². The van der Waals surface area contributed by atoms with Crippen molar-refractivity contribution in [2.45, 2.75) is 39.5 Å². The van der Waals surface area contributed by atoms with Crippen molar-refractivity contribution in [1.82, 2.24) is 0 Å². The Bertz CT molecular complexity index is 219. The molecule has 1 aliphatic rings. The molecule has 0 radical (unpaired) electrons. The Labute approximate surface area is 84.8 Å². The molecule has 1 aliphatic heterocycles. The van der Waals surface area contributed by atoms with Gasteiger partial charge in [0.2, 0.25) is 6.43 Å². The number of hydrogen-bond donors (Lipinski definition) is 0. The molecule has 1 heterocycles. The molecule has 0 saturated heterocycles. The minimum atomic E-state index is -2.18. The zero-order valence-corrected chi connectivity index (χ0v) is 9.26. The van der Waals surface area contributed by atoms with Crippen molar-refractivity contribution in [2.75, 3.05) is 13.6 Å². The Kier molecular flexibility index (Phi) is 3.62. The van der Waals surface area contributed by atoms with Crippen LogP contribution < -0.4 is 0 Å². The molecular formula is C11H20F2N+. The minimum Gasteiger partial charge on any atom is -0.242 e. The van der Waals surface area contributed by atoms with Crippen molar-refractivity contribution >= 4 is 6.21 Å². The van der Waals surface area contributed by atoms with Gasteiger partial charge in [0, 0.05) is 12.3 Å². The quantitative estimate of drug-likeness (QED) is 0.622. The summed E-state index contributed by atoms with van der Waals surface area (Å²) in [4.78, 5) is 0. The van der Waals surface area contributed by atoms with Crippen LogP contribution in [0.2, 0.25) is 0 Å². The lowest BCUT2D eigenvalue weighted by Crippen LogP contribution is -2.43. The van der Waals surface area contributed by atoms with Crippen LogP contribution in [0.3, 0.4) is 0 Å². The van der Waals surface area contributed by atoms with Crippen LogP contribution in [-0.4, -0.2) is 30.8 Å². The van der Waals surface area contributed by atoms with E-state index in [1.54, 1.807) is 0 Å². The summed E-state index contributed by atoms with van der Waals surface area (Å²) in [5.41, 5.74) is -0.277. The zero-order chi connectivity index (χ0) is 10.8. The van der Waals surface area contributed by atoms with Crippen LogP contribution in [-0.2, 0) is 0 Å². The predicted molar refractivity (Wildman–Crippen MR) is 54.2 cm³/mol. The van der Waals surface area contributed by atoms with E-state index >= 15 is 0 Å². The molecule has 0 N–H and O–H groups in total. The maximum absolute atomic E-state index is 12.9. The third-order valence-electron chi connectivity index (χ3n) is 3.63. The highest BCUT2D eigenvalue weighted by atomic mass is 19.3. The first-order valence-electron chi connectivity index (χ1n) is 5.40. The highest BCUT2D eigenvalue weighted by Crippen LogP contribution is 2.41. The van der Waals surface area contributed by atoms with Gasteiger partial charge in [-0.25, -0.2) is 13.4 Å². The number of alkyl halides is 2. The topological polar surface area (TPSA) is 3.01 Å². The van der Waals surface area contributed by atoms with Gasteiger partial charge in [-0.3, -0.25) is 0 Å². The lowest BCUT2D eigenvalue weighted by Gasteiger charge is -2.36. The largest absolute Gasteiger partial charge is 0.242 e. The fourth-order valence-corrected chi connectivity index (χ4v) is 2.56. The van der Waals surface area contributed by atoms with Gasteiger partial charge in [0.25, 0.3) is 0 Å². The molecule has 1 atom stereocenters. The maximum Gasteiger partial charge on any atom is 0.242 e. The summed E-state index contributed by atoms with van der Waals surface area (Å²) in [6, 6.07) is 0. The molecule has 0 fully saturated rings. The Hall–Kier alpha value is -0.470. The van der Waals surface area contributed by atoms with E-state index in [1.165, 1.54) is 0 Å². The van der Waals surface area contributed by atoms with Gasteiger partial charge in [0.1, 0.15) is 19.8 Å². The summed E-state index contributed by atoms with van der Waals surface area (Å²) in [5, 5.41) is 0. The summed E-state index contributed by atoms with van der Waals surface area (Å²) >= 11 is 0. The van der Waals surface area contributed by atoms with Gasteiger partial charge < -0.3 is 0 Å². The van der Waals surface area contributed by atoms with Crippen LogP contribution >= 0.6 is 0 Å². The molecule has 1 rings (SSSR count). The SMILES string of the molecule is CCC1(CC)C=[N+](C)CC[C@@H]1C(F)F. The maximum atomic E-state index is 12.9.